The van der Waals surface area contributed by atoms with Crippen molar-refractivity contribution in [3.63, 3.8) is 0 Å². The van der Waals surface area contributed by atoms with Gasteiger partial charge in [0.2, 0.25) is 5.91 Å². The number of hydrogen-bond acceptors (Lipinski definition) is 4. The summed E-state index contributed by atoms with van der Waals surface area (Å²) in [5.74, 6) is -0.837. The Hall–Kier alpha value is -1.86. The van der Waals surface area contributed by atoms with Gasteiger partial charge in [0.1, 0.15) is 0 Å². The quantitative estimate of drug-likeness (QED) is 0.661. The van der Waals surface area contributed by atoms with Gasteiger partial charge in [-0.15, -0.1) is 0 Å². The van der Waals surface area contributed by atoms with E-state index in [0.717, 1.165) is 12.1 Å². The van der Waals surface area contributed by atoms with Crippen LogP contribution in [-0.2, 0) is 4.79 Å². The van der Waals surface area contributed by atoms with Crippen molar-refractivity contribution in [3.05, 3.63) is 37.9 Å². The van der Waals surface area contributed by atoms with Gasteiger partial charge in [-0.3, -0.25) is 19.7 Å². The van der Waals surface area contributed by atoms with Crippen molar-refractivity contribution >= 4 is 40.7 Å². The summed E-state index contributed by atoms with van der Waals surface area (Å²) in [6, 6.07) is 2.15. The summed E-state index contributed by atoms with van der Waals surface area (Å²) in [6.07, 6.45) is 0.595. The molecule has 0 radical (unpaired) electrons. The number of benzene rings is 1. The number of nitrogens with one attached hydrogen (secondary N) is 1. The van der Waals surface area contributed by atoms with E-state index in [9.17, 15) is 19.7 Å². The van der Waals surface area contributed by atoms with Crippen LogP contribution in [0.3, 0.4) is 0 Å². The number of carbonyl (C=O) groups excluding carboxylic acids is 2. The molecule has 1 fully saturated rings. The van der Waals surface area contributed by atoms with E-state index in [0.29, 0.717) is 19.5 Å². The number of amides is 2. The van der Waals surface area contributed by atoms with Gasteiger partial charge in [0.25, 0.3) is 11.6 Å². The van der Waals surface area contributed by atoms with Crippen LogP contribution in [0.25, 0.3) is 0 Å². The van der Waals surface area contributed by atoms with E-state index in [1.807, 2.05) is 0 Å². The summed E-state index contributed by atoms with van der Waals surface area (Å²) < 4.78 is 0. The van der Waals surface area contributed by atoms with Crippen LogP contribution in [0.1, 0.15) is 16.8 Å². The lowest BCUT2D eigenvalue weighted by Crippen LogP contribution is -2.37. The fourth-order valence-corrected chi connectivity index (χ4v) is 2.39. The van der Waals surface area contributed by atoms with Crippen LogP contribution in [0.5, 0.6) is 0 Å². The topological polar surface area (TPSA) is 92.5 Å². The third kappa shape index (κ3) is 3.43. The van der Waals surface area contributed by atoms with Gasteiger partial charge >= 0.3 is 0 Å². The maximum absolute atomic E-state index is 12.4. The minimum atomic E-state index is -0.659. The molecule has 21 heavy (non-hydrogen) atoms. The molecular weight excluding hydrogens is 321 g/mol. The predicted molar refractivity (Wildman–Crippen MR) is 76.6 cm³/mol. The van der Waals surface area contributed by atoms with Gasteiger partial charge in [0, 0.05) is 25.2 Å². The van der Waals surface area contributed by atoms with Crippen molar-refractivity contribution in [1.82, 2.24) is 10.2 Å². The zero-order valence-electron chi connectivity index (χ0n) is 10.8. The SMILES string of the molecule is O=C1CN(C(=O)c2cc([N+](=O)[O-])cc(Cl)c2Cl)CCCN1. The molecule has 0 atom stereocenters. The first-order valence-corrected chi connectivity index (χ1v) is 6.85. The number of carbonyl (C=O) groups is 2. The van der Waals surface area contributed by atoms with Crippen molar-refractivity contribution in [2.24, 2.45) is 0 Å². The van der Waals surface area contributed by atoms with E-state index in [2.05, 4.69) is 5.32 Å². The van der Waals surface area contributed by atoms with Crippen LogP contribution in [0.4, 0.5) is 5.69 Å². The molecule has 1 saturated heterocycles. The van der Waals surface area contributed by atoms with Gasteiger partial charge in [-0.1, -0.05) is 23.2 Å². The molecule has 0 bridgehead atoms. The molecule has 0 spiro atoms. The number of nitro benzene ring substituents is 1. The Balaban J connectivity index is 2.37. The second kappa shape index (κ2) is 6.28. The molecule has 7 nitrogen and oxygen atoms in total. The van der Waals surface area contributed by atoms with Crippen LogP contribution in [0.15, 0.2) is 12.1 Å². The molecule has 0 aliphatic carbocycles. The second-order valence-corrected chi connectivity index (χ2v) is 5.26. The maximum atomic E-state index is 12.4. The summed E-state index contributed by atoms with van der Waals surface area (Å²) >= 11 is 11.8. The van der Waals surface area contributed by atoms with E-state index < -0.39 is 10.8 Å². The Kier molecular flexibility index (Phi) is 4.64. The molecule has 0 unspecified atom stereocenters. The third-order valence-corrected chi connectivity index (χ3v) is 3.80. The molecule has 112 valence electrons. The van der Waals surface area contributed by atoms with Crippen LogP contribution in [0.2, 0.25) is 10.0 Å². The highest BCUT2D eigenvalue weighted by atomic mass is 35.5. The van der Waals surface area contributed by atoms with E-state index in [4.69, 9.17) is 23.2 Å². The Bertz CT molecular complexity index is 621. The van der Waals surface area contributed by atoms with Gasteiger partial charge in [0.15, 0.2) is 0 Å². The van der Waals surface area contributed by atoms with Gasteiger partial charge in [0.05, 0.1) is 27.1 Å². The average molecular weight is 332 g/mol. The number of non-ortho nitro benzene ring substituents is 1. The summed E-state index contributed by atoms with van der Waals surface area (Å²) in [7, 11) is 0. The molecule has 0 aromatic heterocycles. The van der Waals surface area contributed by atoms with Crippen LogP contribution >= 0.6 is 23.2 Å². The van der Waals surface area contributed by atoms with Crippen LogP contribution in [-0.4, -0.2) is 41.3 Å². The van der Waals surface area contributed by atoms with Crippen molar-refractivity contribution in [2.75, 3.05) is 19.6 Å². The summed E-state index contributed by atoms with van der Waals surface area (Å²) in [6.45, 7) is 0.718. The zero-order valence-corrected chi connectivity index (χ0v) is 12.3. The largest absolute Gasteiger partial charge is 0.354 e. The molecule has 1 aromatic carbocycles. The molecular formula is C12H11Cl2N3O4. The Morgan fingerprint density at radius 1 is 1.38 bits per heavy atom. The number of halogens is 2. The zero-order chi connectivity index (χ0) is 15.6. The Morgan fingerprint density at radius 3 is 2.76 bits per heavy atom. The summed E-state index contributed by atoms with van der Waals surface area (Å²) in [4.78, 5) is 35.4. The first-order chi connectivity index (χ1) is 9.90. The highest BCUT2D eigenvalue weighted by molar-refractivity contribution is 6.44. The minimum absolute atomic E-state index is 0.0584. The molecule has 1 aromatic rings. The minimum Gasteiger partial charge on any atom is -0.354 e. The van der Waals surface area contributed by atoms with Crippen LogP contribution < -0.4 is 5.32 Å². The first kappa shape index (κ1) is 15.5. The number of rotatable bonds is 2. The third-order valence-electron chi connectivity index (χ3n) is 3.00. The normalized spacial score (nSPS) is 15.3. The lowest BCUT2D eigenvalue weighted by molar-refractivity contribution is -0.384. The molecule has 0 saturated carbocycles. The molecule has 9 heteroatoms. The van der Waals surface area contributed by atoms with E-state index >= 15 is 0 Å². The molecule has 2 amide bonds. The maximum Gasteiger partial charge on any atom is 0.271 e. The van der Waals surface area contributed by atoms with E-state index in [1.165, 1.54) is 4.90 Å². The molecule has 1 heterocycles. The second-order valence-electron chi connectivity index (χ2n) is 4.48. The lowest BCUT2D eigenvalue weighted by atomic mass is 10.1. The number of nitrogens with zero attached hydrogens (tertiary/aromatic N) is 2. The average Bonchev–Trinajstić information content (AvgIpc) is 2.65. The predicted octanol–water partition coefficient (Wildman–Crippen LogP) is 1.86. The molecule has 1 N–H and O–H groups in total. The Labute approximate surface area is 130 Å². The smallest absolute Gasteiger partial charge is 0.271 e. The summed E-state index contributed by atoms with van der Waals surface area (Å²) in [5, 5.41) is 13.3. The van der Waals surface area contributed by atoms with Gasteiger partial charge in [-0.05, 0) is 6.42 Å². The van der Waals surface area contributed by atoms with Gasteiger partial charge < -0.3 is 10.2 Å². The van der Waals surface area contributed by atoms with E-state index in [-0.39, 0.29) is 33.7 Å². The Morgan fingerprint density at radius 2 is 2.10 bits per heavy atom. The molecule has 2 rings (SSSR count). The van der Waals surface area contributed by atoms with Crippen LogP contribution in [0, 0.1) is 10.1 Å². The summed E-state index contributed by atoms with van der Waals surface area (Å²) in [5.41, 5.74) is -0.405. The van der Waals surface area contributed by atoms with Gasteiger partial charge in [-0.25, -0.2) is 0 Å². The van der Waals surface area contributed by atoms with Crippen molar-refractivity contribution < 1.29 is 14.5 Å². The highest BCUT2D eigenvalue weighted by Crippen LogP contribution is 2.31. The monoisotopic (exact) mass is 331 g/mol. The lowest BCUT2D eigenvalue weighted by Gasteiger charge is -2.19. The number of nitro groups is 1. The van der Waals surface area contributed by atoms with Gasteiger partial charge in [-0.2, -0.15) is 0 Å². The number of hydrogen-bond donors (Lipinski definition) is 1. The molecule has 1 aliphatic rings. The van der Waals surface area contributed by atoms with E-state index in [1.54, 1.807) is 0 Å². The van der Waals surface area contributed by atoms with Crippen molar-refractivity contribution in [1.29, 1.82) is 0 Å². The molecule has 1 aliphatic heterocycles. The fourth-order valence-electron chi connectivity index (χ4n) is 1.99. The van der Waals surface area contributed by atoms with Crippen molar-refractivity contribution in [2.45, 2.75) is 6.42 Å². The van der Waals surface area contributed by atoms with Crippen molar-refractivity contribution in [3.8, 4) is 0 Å². The first-order valence-electron chi connectivity index (χ1n) is 6.09. The highest BCUT2D eigenvalue weighted by Gasteiger charge is 2.26. The fraction of sp³-hybridized carbons (Fsp3) is 0.333. The standard InChI is InChI=1S/C12H11Cl2N3O4/c13-9-5-7(17(20)21)4-8(11(9)14)12(19)16-3-1-2-15-10(18)6-16/h4-5H,1-3,6H2,(H,15,18).